The molecular weight excluding hydrogens is 1020 g/mol. The molecule has 0 aliphatic carbocycles. The number of carbonyl (C=O) groups is 3. The Balaban J connectivity index is 4.36. The normalized spacial score (nSPS) is 12.6. The van der Waals surface area contributed by atoms with E-state index in [4.69, 9.17) is 14.2 Å². The van der Waals surface area contributed by atoms with Gasteiger partial charge in [0.25, 0.3) is 0 Å². The van der Waals surface area contributed by atoms with Crippen LogP contribution in [0.1, 0.15) is 367 Å². The van der Waals surface area contributed by atoms with Gasteiger partial charge >= 0.3 is 17.9 Å². The summed E-state index contributed by atoms with van der Waals surface area (Å²) in [5, 5.41) is 0. The van der Waals surface area contributed by atoms with Gasteiger partial charge in [0, 0.05) is 19.3 Å². The summed E-state index contributed by atoms with van der Waals surface area (Å²) < 4.78 is 17.0. The van der Waals surface area contributed by atoms with Crippen LogP contribution < -0.4 is 0 Å². The minimum atomic E-state index is -0.784. The van der Waals surface area contributed by atoms with Gasteiger partial charge < -0.3 is 14.2 Å². The first-order valence-corrected chi connectivity index (χ1v) is 36.1. The third-order valence-electron chi connectivity index (χ3n) is 15.9. The Morgan fingerprint density at radius 3 is 0.735 bits per heavy atom. The smallest absolute Gasteiger partial charge is 0.306 e. The Labute approximate surface area is 515 Å². The van der Waals surface area contributed by atoms with Crippen LogP contribution >= 0.6 is 0 Å². The molecule has 0 aromatic heterocycles. The van der Waals surface area contributed by atoms with E-state index in [0.29, 0.717) is 19.3 Å². The summed E-state index contributed by atoms with van der Waals surface area (Å²) in [6.07, 6.45) is 94.6. The van der Waals surface area contributed by atoms with Crippen molar-refractivity contribution < 1.29 is 28.6 Å². The van der Waals surface area contributed by atoms with Crippen molar-refractivity contribution in [2.45, 2.75) is 374 Å². The lowest BCUT2D eigenvalue weighted by molar-refractivity contribution is -0.167. The van der Waals surface area contributed by atoms with Crippen molar-refractivity contribution in [3.63, 3.8) is 0 Å². The van der Waals surface area contributed by atoms with E-state index in [2.05, 4.69) is 106 Å². The van der Waals surface area contributed by atoms with Crippen molar-refractivity contribution in [1.29, 1.82) is 0 Å². The average Bonchev–Trinajstić information content (AvgIpc) is 3.49. The van der Waals surface area contributed by atoms with Crippen molar-refractivity contribution in [3.8, 4) is 0 Å². The van der Waals surface area contributed by atoms with Gasteiger partial charge in [-0.15, -0.1) is 0 Å². The van der Waals surface area contributed by atoms with Crippen LogP contribution in [0.4, 0.5) is 0 Å². The molecule has 6 nitrogen and oxygen atoms in total. The van der Waals surface area contributed by atoms with Gasteiger partial charge in [0.1, 0.15) is 13.2 Å². The number of hydrogen-bond donors (Lipinski definition) is 0. The average molecular weight is 1160 g/mol. The van der Waals surface area contributed by atoms with Gasteiger partial charge in [0.05, 0.1) is 0 Å². The third kappa shape index (κ3) is 69.3. The summed E-state index contributed by atoms with van der Waals surface area (Å²) in [6, 6.07) is 0. The number of ether oxygens (including phenoxy) is 3. The summed E-state index contributed by atoms with van der Waals surface area (Å²) >= 11 is 0. The van der Waals surface area contributed by atoms with Gasteiger partial charge in [-0.1, -0.05) is 356 Å². The Bertz CT molecular complexity index is 1570. The van der Waals surface area contributed by atoms with E-state index in [1.807, 2.05) is 0 Å². The Morgan fingerprint density at radius 2 is 0.470 bits per heavy atom. The molecule has 0 aliphatic heterocycles. The molecule has 0 spiro atoms. The first kappa shape index (κ1) is 79.6. The molecule has 83 heavy (non-hydrogen) atoms. The highest BCUT2D eigenvalue weighted by atomic mass is 16.6. The quantitative estimate of drug-likeness (QED) is 0.0261. The first-order valence-electron chi connectivity index (χ1n) is 36.1. The zero-order chi connectivity index (χ0) is 59.9. The van der Waals surface area contributed by atoms with Crippen molar-refractivity contribution in [1.82, 2.24) is 0 Å². The molecule has 1 unspecified atom stereocenters. The lowest BCUT2D eigenvalue weighted by Gasteiger charge is -2.18. The van der Waals surface area contributed by atoms with Gasteiger partial charge in [0.2, 0.25) is 0 Å². The fourth-order valence-electron chi connectivity index (χ4n) is 10.5. The zero-order valence-corrected chi connectivity index (χ0v) is 55.2. The largest absolute Gasteiger partial charge is 0.462 e. The van der Waals surface area contributed by atoms with Crippen LogP contribution in [0.15, 0.2) is 85.1 Å². The van der Waals surface area contributed by atoms with Gasteiger partial charge in [-0.2, -0.15) is 0 Å². The topological polar surface area (TPSA) is 78.9 Å². The second kappa shape index (κ2) is 71.1. The number of carbonyl (C=O) groups excluding carboxylic acids is 3. The molecule has 0 heterocycles. The molecule has 0 saturated heterocycles. The minimum absolute atomic E-state index is 0.0775. The maximum absolute atomic E-state index is 13.0. The van der Waals surface area contributed by atoms with Crippen LogP contribution in [0.5, 0.6) is 0 Å². The van der Waals surface area contributed by atoms with E-state index in [0.717, 1.165) is 122 Å². The predicted octanol–water partition coefficient (Wildman–Crippen LogP) is 25.0. The number of hydrogen-bond acceptors (Lipinski definition) is 6. The Morgan fingerprint density at radius 1 is 0.253 bits per heavy atom. The minimum Gasteiger partial charge on any atom is -0.462 e. The highest BCUT2D eigenvalue weighted by Gasteiger charge is 2.19. The lowest BCUT2D eigenvalue weighted by atomic mass is 10.0. The van der Waals surface area contributed by atoms with Gasteiger partial charge in [-0.05, 0) is 77.0 Å². The molecule has 0 radical (unpaired) electrons. The maximum atomic E-state index is 13.0. The SMILES string of the molecule is CC/C=C\C/C=C\C/C=C\C/C=C\C/C=C\C/C=C\C/C=C\CCCCCCCC(=O)OCC(COC(=O)CCCCCCCCCCCCCCCCCC)OC(=O)CCCCCCCCCCCCCCCCCCCCCCCC. The van der Waals surface area contributed by atoms with Crippen LogP contribution in [0.3, 0.4) is 0 Å². The van der Waals surface area contributed by atoms with Crippen molar-refractivity contribution in [2.75, 3.05) is 13.2 Å². The zero-order valence-electron chi connectivity index (χ0n) is 55.2. The molecule has 1 atom stereocenters. The number of unbranched alkanes of at least 4 members (excludes halogenated alkanes) is 41. The summed E-state index contributed by atoms with van der Waals surface area (Å²) in [5.41, 5.74) is 0. The van der Waals surface area contributed by atoms with Gasteiger partial charge in [-0.25, -0.2) is 0 Å². The predicted molar refractivity (Wildman–Crippen MR) is 362 cm³/mol. The molecule has 0 aromatic rings. The molecule has 0 bridgehead atoms. The standard InChI is InChI=1S/C77H136O6/c1-4-7-10-13-16-19-22-25-28-31-33-35-37-38-39-40-41-43-44-46-49-52-55-58-61-64-67-70-76(79)82-73-74(72-81-75(78)69-66-63-60-57-54-51-48-30-27-24-21-18-15-12-9-6-3)83-77(80)71-68-65-62-59-56-53-50-47-45-42-36-34-32-29-26-23-20-17-14-11-8-5-2/h7,10,16,19,25,28,33,35,38-39,41,43,46,49,74H,4-6,8-9,11-15,17-18,20-24,26-27,29-32,34,36-37,40,42,44-45,47-48,50-73H2,1-3H3/b10-7-,19-16-,28-25-,35-33-,39-38-,43-41-,49-46-. The Hall–Kier alpha value is -3.41. The molecule has 0 aliphatic rings. The number of esters is 3. The number of rotatable bonds is 66. The van der Waals surface area contributed by atoms with Crippen molar-refractivity contribution in [3.05, 3.63) is 85.1 Å². The Kier molecular flexibility index (Phi) is 68.2. The highest BCUT2D eigenvalue weighted by molar-refractivity contribution is 5.71. The molecule has 0 N–H and O–H groups in total. The molecule has 0 saturated carbocycles. The van der Waals surface area contributed by atoms with Crippen LogP contribution in [0, 0.1) is 0 Å². The van der Waals surface area contributed by atoms with Crippen LogP contribution in [-0.2, 0) is 28.6 Å². The van der Waals surface area contributed by atoms with Crippen LogP contribution in [0.25, 0.3) is 0 Å². The maximum Gasteiger partial charge on any atom is 0.306 e. The van der Waals surface area contributed by atoms with E-state index in [-0.39, 0.29) is 31.1 Å². The molecule has 480 valence electrons. The molecular formula is C77H136O6. The summed E-state index contributed by atoms with van der Waals surface area (Å²) in [7, 11) is 0. The fourth-order valence-corrected chi connectivity index (χ4v) is 10.5. The molecule has 6 heteroatoms. The molecule has 0 fully saturated rings. The van der Waals surface area contributed by atoms with E-state index in [1.165, 1.54) is 205 Å². The van der Waals surface area contributed by atoms with E-state index < -0.39 is 6.10 Å². The van der Waals surface area contributed by atoms with Crippen molar-refractivity contribution in [2.24, 2.45) is 0 Å². The molecule has 0 aromatic carbocycles. The van der Waals surface area contributed by atoms with E-state index >= 15 is 0 Å². The van der Waals surface area contributed by atoms with Crippen LogP contribution in [0.2, 0.25) is 0 Å². The van der Waals surface area contributed by atoms with E-state index in [9.17, 15) is 14.4 Å². The van der Waals surface area contributed by atoms with Crippen LogP contribution in [-0.4, -0.2) is 37.2 Å². The molecule has 0 amide bonds. The summed E-state index contributed by atoms with van der Waals surface area (Å²) in [4.78, 5) is 38.5. The summed E-state index contributed by atoms with van der Waals surface area (Å²) in [6.45, 7) is 6.58. The van der Waals surface area contributed by atoms with E-state index in [1.54, 1.807) is 0 Å². The lowest BCUT2D eigenvalue weighted by Crippen LogP contribution is -2.30. The van der Waals surface area contributed by atoms with Crippen molar-refractivity contribution >= 4 is 17.9 Å². The van der Waals surface area contributed by atoms with Gasteiger partial charge in [0.15, 0.2) is 6.10 Å². The second-order valence-corrected chi connectivity index (χ2v) is 24.1. The third-order valence-corrected chi connectivity index (χ3v) is 15.9. The molecule has 0 rings (SSSR count). The monoisotopic (exact) mass is 1160 g/mol. The summed E-state index contributed by atoms with van der Waals surface area (Å²) in [5.74, 6) is -0.873. The second-order valence-electron chi connectivity index (χ2n) is 24.1. The highest BCUT2D eigenvalue weighted by Crippen LogP contribution is 2.18. The number of allylic oxidation sites excluding steroid dienone is 14. The fraction of sp³-hybridized carbons (Fsp3) is 0.779. The van der Waals surface area contributed by atoms with Gasteiger partial charge in [-0.3, -0.25) is 14.4 Å². The first-order chi connectivity index (χ1) is 41.0.